The van der Waals surface area contributed by atoms with E-state index in [-0.39, 0.29) is 0 Å². The first kappa shape index (κ1) is 15.8. The van der Waals surface area contributed by atoms with Crippen molar-refractivity contribution in [2.75, 3.05) is 0 Å². The lowest BCUT2D eigenvalue weighted by molar-refractivity contribution is 0.523. The number of aromatic nitrogens is 1. The van der Waals surface area contributed by atoms with Gasteiger partial charge in [0.1, 0.15) is 0 Å². The summed E-state index contributed by atoms with van der Waals surface area (Å²) >= 11 is 0. The van der Waals surface area contributed by atoms with Crippen LogP contribution in [0.4, 0.5) is 0 Å². The van der Waals surface area contributed by atoms with Gasteiger partial charge in [0.2, 0.25) is 0 Å². The van der Waals surface area contributed by atoms with Crippen LogP contribution >= 0.6 is 0 Å². The summed E-state index contributed by atoms with van der Waals surface area (Å²) in [7, 11) is 0. The molecule has 0 aliphatic rings. The molecule has 21 heavy (non-hydrogen) atoms. The van der Waals surface area contributed by atoms with Crippen LogP contribution in [0, 0.1) is 5.92 Å². The first-order chi connectivity index (χ1) is 9.97. The van der Waals surface area contributed by atoms with Gasteiger partial charge in [-0.15, -0.1) is 0 Å². The molecule has 1 unspecified atom stereocenters. The van der Waals surface area contributed by atoms with Gasteiger partial charge >= 0.3 is 0 Å². The van der Waals surface area contributed by atoms with Crippen LogP contribution in [0.5, 0.6) is 0 Å². The molecule has 1 aromatic carbocycles. The molecule has 1 aromatic heterocycles. The molecule has 0 bridgehead atoms. The third-order valence-electron chi connectivity index (χ3n) is 4.05. The predicted octanol–water partition coefficient (Wildman–Crippen LogP) is 6.02. The lowest BCUT2D eigenvalue weighted by Crippen LogP contribution is -1.99. The molecular formula is C20H27N. The Morgan fingerprint density at radius 2 is 1.43 bits per heavy atom. The molecule has 0 spiro atoms. The summed E-state index contributed by atoms with van der Waals surface area (Å²) < 4.78 is 0. The van der Waals surface area contributed by atoms with Gasteiger partial charge in [0, 0.05) is 11.8 Å². The minimum Gasteiger partial charge on any atom is -0.256 e. The van der Waals surface area contributed by atoms with Crippen LogP contribution in [0.1, 0.15) is 64.0 Å². The Hall–Kier alpha value is -1.63. The number of rotatable bonds is 5. The minimum atomic E-state index is 0.575. The second-order valence-corrected chi connectivity index (χ2v) is 6.78. The Bertz CT molecular complexity index is 549. The van der Waals surface area contributed by atoms with E-state index in [1.807, 2.05) is 6.20 Å². The van der Waals surface area contributed by atoms with Crippen LogP contribution in [-0.2, 0) is 0 Å². The highest BCUT2D eigenvalue weighted by Crippen LogP contribution is 2.25. The smallest absolute Gasteiger partial charge is 0.0702 e. The molecule has 2 rings (SSSR count). The molecular weight excluding hydrogens is 254 g/mol. The van der Waals surface area contributed by atoms with E-state index in [0.717, 1.165) is 11.6 Å². The van der Waals surface area contributed by atoms with Crippen LogP contribution in [0.15, 0.2) is 42.6 Å². The highest BCUT2D eigenvalue weighted by molar-refractivity contribution is 5.59. The van der Waals surface area contributed by atoms with Gasteiger partial charge in [-0.1, -0.05) is 65.0 Å². The van der Waals surface area contributed by atoms with Crippen LogP contribution in [-0.4, -0.2) is 4.98 Å². The Labute approximate surface area is 129 Å². The van der Waals surface area contributed by atoms with E-state index < -0.39 is 0 Å². The van der Waals surface area contributed by atoms with Gasteiger partial charge in [0.25, 0.3) is 0 Å². The zero-order chi connectivity index (χ0) is 15.4. The van der Waals surface area contributed by atoms with Crippen molar-refractivity contribution in [2.45, 2.75) is 52.9 Å². The summed E-state index contributed by atoms with van der Waals surface area (Å²) in [5.41, 5.74) is 4.97. The normalized spacial score (nSPS) is 12.9. The average molecular weight is 281 g/mol. The van der Waals surface area contributed by atoms with E-state index in [9.17, 15) is 0 Å². The van der Waals surface area contributed by atoms with Crippen molar-refractivity contribution >= 4 is 0 Å². The molecule has 0 radical (unpaired) electrons. The third-order valence-corrected chi connectivity index (χ3v) is 4.05. The summed E-state index contributed by atoms with van der Waals surface area (Å²) in [6, 6.07) is 13.1. The second-order valence-electron chi connectivity index (χ2n) is 6.78. The summed E-state index contributed by atoms with van der Waals surface area (Å²) in [6.07, 6.45) is 3.25. The summed E-state index contributed by atoms with van der Waals surface area (Å²) in [6.45, 7) is 11.3. The van der Waals surface area contributed by atoms with E-state index in [1.165, 1.54) is 23.1 Å². The number of nitrogens with zero attached hydrogens (tertiary/aromatic N) is 1. The van der Waals surface area contributed by atoms with Gasteiger partial charge in [0.15, 0.2) is 0 Å². The molecule has 0 aliphatic heterocycles. The predicted molar refractivity (Wildman–Crippen MR) is 91.6 cm³/mol. The molecule has 0 aliphatic carbocycles. The van der Waals surface area contributed by atoms with Crippen LogP contribution in [0.2, 0.25) is 0 Å². The zero-order valence-electron chi connectivity index (χ0n) is 13.9. The lowest BCUT2D eigenvalue weighted by atomic mass is 9.93. The Kier molecular flexibility index (Phi) is 5.17. The number of hydrogen-bond acceptors (Lipinski definition) is 1. The highest BCUT2D eigenvalue weighted by atomic mass is 14.7. The lowest BCUT2D eigenvalue weighted by Gasteiger charge is -2.14. The van der Waals surface area contributed by atoms with Crippen molar-refractivity contribution < 1.29 is 0 Å². The summed E-state index contributed by atoms with van der Waals surface area (Å²) in [4.78, 5) is 4.65. The quantitative estimate of drug-likeness (QED) is 0.653. The van der Waals surface area contributed by atoms with Gasteiger partial charge < -0.3 is 0 Å². The zero-order valence-corrected chi connectivity index (χ0v) is 13.9. The van der Waals surface area contributed by atoms with Crippen molar-refractivity contribution in [1.82, 2.24) is 4.98 Å². The van der Waals surface area contributed by atoms with E-state index in [0.29, 0.717) is 11.8 Å². The van der Waals surface area contributed by atoms with Crippen molar-refractivity contribution in [3.63, 3.8) is 0 Å². The van der Waals surface area contributed by atoms with Gasteiger partial charge in [-0.2, -0.15) is 0 Å². The standard InChI is InChI=1S/C20H27N/c1-14(2)12-16(5)19-10-11-20(21-13-19)18-8-6-17(7-9-18)15(3)4/h6-11,13-16H,12H2,1-5H3. The maximum absolute atomic E-state index is 4.65. The molecule has 1 nitrogen and oxygen atoms in total. The van der Waals surface area contributed by atoms with Gasteiger partial charge in [-0.25, -0.2) is 0 Å². The fraction of sp³-hybridized carbons (Fsp3) is 0.450. The molecule has 0 amide bonds. The Morgan fingerprint density at radius 1 is 0.810 bits per heavy atom. The van der Waals surface area contributed by atoms with Crippen molar-refractivity contribution in [1.29, 1.82) is 0 Å². The second kappa shape index (κ2) is 6.89. The summed E-state index contributed by atoms with van der Waals surface area (Å²) in [5, 5.41) is 0. The van der Waals surface area contributed by atoms with Gasteiger partial charge in [0.05, 0.1) is 5.69 Å². The number of benzene rings is 1. The molecule has 1 heterocycles. The molecule has 2 aromatic rings. The topological polar surface area (TPSA) is 12.9 Å². The fourth-order valence-electron chi connectivity index (χ4n) is 2.75. The van der Waals surface area contributed by atoms with E-state index in [2.05, 4.69) is 76.0 Å². The van der Waals surface area contributed by atoms with Crippen molar-refractivity contribution in [3.05, 3.63) is 53.7 Å². The SMILES string of the molecule is CC(C)CC(C)c1ccc(-c2ccc(C(C)C)cc2)nc1. The van der Waals surface area contributed by atoms with Crippen LogP contribution in [0.25, 0.3) is 11.3 Å². The number of pyridine rings is 1. The molecule has 0 saturated heterocycles. The van der Waals surface area contributed by atoms with Crippen LogP contribution < -0.4 is 0 Å². The Balaban J connectivity index is 2.15. The Morgan fingerprint density at radius 3 is 1.90 bits per heavy atom. The molecule has 1 atom stereocenters. The van der Waals surface area contributed by atoms with Gasteiger partial charge in [-0.3, -0.25) is 4.98 Å². The van der Waals surface area contributed by atoms with E-state index in [4.69, 9.17) is 0 Å². The molecule has 0 N–H and O–H groups in total. The van der Waals surface area contributed by atoms with Crippen LogP contribution in [0.3, 0.4) is 0 Å². The fourth-order valence-corrected chi connectivity index (χ4v) is 2.75. The van der Waals surface area contributed by atoms with E-state index >= 15 is 0 Å². The summed E-state index contributed by atoms with van der Waals surface area (Å²) in [5.74, 6) is 1.88. The van der Waals surface area contributed by atoms with Gasteiger partial charge in [-0.05, 0) is 41.4 Å². The van der Waals surface area contributed by atoms with Crippen molar-refractivity contribution in [2.24, 2.45) is 5.92 Å². The maximum atomic E-state index is 4.65. The maximum Gasteiger partial charge on any atom is 0.0702 e. The number of hydrogen-bond donors (Lipinski definition) is 0. The van der Waals surface area contributed by atoms with Crippen molar-refractivity contribution in [3.8, 4) is 11.3 Å². The van der Waals surface area contributed by atoms with E-state index in [1.54, 1.807) is 0 Å². The third kappa shape index (κ3) is 4.17. The molecule has 1 heteroatoms. The average Bonchev–Trinajstić information content (AvgIpc) is 2.47. The molecule has 112 valence electrons. The molecule has 0 saturated carbocycles. The monoisotopic (exact) mass is 281 g/mol. The largest absolute Gasteiger partial charge is 0.256 e. The first-order valence-corrected chi connectivity index (χ1v) is 8.03. The minimum absolute atomic E-state index is 0.575. The first-order valence-electron chi connectivity index (χ1n) is 8.03. The highest BCUT2D eigenvalue weighted by Gasteiger charge is 2.09. The molecule has 0 fully saturated rings.